The third kappa shape index (κ3) is 6.90. The van der Waals surface area contributed by atoms with Gasteiger partial charge in [-0.3, -0.25) is 4.79 Å². The zero-order chi connectivity index (χ0) is 15.1. The fraction of sp³-hybridized carbons (Fsp3) is 0.562. The molecule has 2 rings (SSSR count). The Morgan fingerprint density at radius 1 is 1.55 bits per heavy atom. The van der Waals surface area contributed by atoms with E-state index in [9.17, 15) is 4.79 Å². The number of aryl methyl sites for hydroxylation is 1. The molecule has 1 aliphatic heterocycles. The quantitative estimate of drug-likeness (QED) is 0.832. The molecule has 1 amide bonds. The molecule has 1 aromatic carbocycles. The van der Waals surface area contributed by atoms with Crippen LogP contribution in [0.5, 0.6) is 5.75 Å². The minimum atomic E-state index is -0.0376. The van der Waals surface area contributed by atoms with Crippen molar-refractivity contribution in [3.63, 3.8) is 0 Å². The SMILES string of the molecule is Cc1cccc(OC(C)CNC(=O)CC2CSCCN2)c1.Cl. The average Bonchev–Trinajstić information content (AvgIpc) is 2.46. The second-order valence-electron chi connectivity index (χ2n) is 5.48. The number of carbonyl (C=O) groups excluding carboxylic acids is 1. The normalized spacial score (nSPS) is 18.9. The van der Waals surface area contributed by atoms with Gasteiger partial charge in [-0.25, -0.2) is 0 Å². The number of benzene rings is 1. The Bertz CT molecular complexity index is 467. The minimum Gasteiger partial charge on any atom is -0.489 e. The second kappa shape index (κ2) is 9.98. The molecule has 1 heterocycles. The molecule has 0 spiro atoms. The summed E-state index contributed by atoms with van der Waals surface area (Å²) in [5, 5.41) is 6.32. The van der Waals surface area contributed by atoms with Crippen LogP contribution in [0.25, 0.3) is 0 Å². The van der Waals surface area contributed by atoms with Crippen molar-refractivity contribution in [1.82, 2.24) is 10.6 Å². The number of halogens is 1. The summed E-state index contributed by atoms with van der Waals surface area (Å²) in [6, 6.07) is 8.25. The zero-order valence-corrected chi connectivity index (χ0v) is 14.8. The van der Waals surface area contributed by atoms with Crippen LogP contribution in [0.3, 0.4) is 0 Å². The molecule has 4 nitrogen and oxygen atoms in total. The Kier molecular flexibility index (Phi) is 8.68. The average molecular weight is 345 g/mol. The van der Waals surface area contributed by atoms with E-state index in [1.807, 2.05) is 49.9 Å². The van der Waals surface area contributed by atoms with Crippen LogP contribution in [0.4, 0.5) is 0 Å². The summed E-state index contributed by atoms with van der Waals surface area (Å²) in [7, 11) is 0. The van der Waals surface area contributed by atoms with Crippen molar-refractivity contribution in [3.8, 4) is 5.75 Å². The highest BCUT2D eigenvalue weighted by atomic mass is 35.5. The molecule has 1 fully saturated rings. The van der Waals surface area contributed by atoms with E-state index < -0.39 is 0 Å². The summed E-state index contributed by atoms with van der Waals surface area (Å²) in [4.78, 5) is 11.9. The van der Waals surface area contributed by atoms with Crippen LogP contribution in [0.1, 0.15) is 18.9 Å². The highest BCUT2D eigenvalue weighted by Crippen LogP contribution is 2.14. The molecule has 0 radical (unpaired) electrons. The lowest BCUT2D eigenvalue weighted by Crippen LogP contribution is -2.42. The van der Waals surface area contributed by atoms with Gasteiger partial charge in [0.1, 0.15) is 11.9 Å². The molecule has 2 unspecified atom stereocenters. The first-order chi connectivity index (χ1) is 10.1. The van der Waals surface area contributed by atoms with Crippen molar-refractivity contribution in [2.45, 2.75) is 32.4 Å². The summed E-state index contributed by atoms with van der Waals surface area (Å²) < 4.78 is 5.80. The predicted octanol–water partition coefficient (Wildman–Crippen LogP) is 2.40. The first-order valence-electron chi connectivity index (χ1n) is 7.44. The molecule has 124 valence electrons. The van der Waals surface area contributed by atoms with Gasteiger partial charge in [0, 0.05) is 30.5 Å². The summed E-state index contributed by atoms with van der Waals surface area (Å²) >= 11 is 1.91. The van der Waals surface area contributed by atoms with Gasteiger partial charge >= 0.3 is 0 Å². The lowest BCUT2D eigenvalue weighted by atomic mass is 10.2. The lowest BCUT2D eigenvalue weighted by Gasteiger charge is -2.23. The number of hydrogen-bond acceptors (Lipinski definition) is 4. The third-order valence-corrected chi connectivity index (χ3v) is 4.47. The Hall–Kier alpha value is -0.910. The van der Waals surface area contributed by atoms with Crippen LogP contribution in [0.15, 0.2) is 24.3 Å². The Morgan fingerprint density at radius 2 is 2.36 bits per heavy atom. The van der Waals surface area contributed by atoms with Gasteiger partial charge in [0.25, 0.3) is 0 Å². The molecular weight excluding hydrogens is 320 g/mol. The first-order valence-corrected chi connectivity index (χ1v) is 8.60. The van der Waals surface area contributed by atoms with Crippen LogP contribution in [0.2, 0.25) is 0 Å². The van der Waals surface area contributed by atoms with Crippen molar-refractivity contribution in [1.29, 1.82) is 0 Å². The van der Waals surface area contributed by atoms with Crippen LogP contribution >= 0.6 is 24.2 Å². The molecule has 6 heteroatoms. The fourth-order valence-corrected chi connectivity index (χ4v) is 3.22. The van der Waals surface area contributed by atoms with Crippen molar-refractivity contribution >= 4 is 30.1 Å². The summed E-state index contributed by atoms with van der Waals surface area (Å²) in [6.07, 6.45) is 0.508. The van der Waals surface area contributed by atoms with Crippen LogP contribution in [-0.2, 0) is 4.79 Å². The zero-order valence-electron chi connectivity index (χ0n) is 13.1. The molecule has 1 aliphatic rings. The number of nitrogens with one attached hydrogen (secondary N) is 2. The number of thioether (sulfide) groups is 1. The Labute approximate surface area is 143 Å². The Morgan fingerprint density at radius 3 is 3.05 bits per heavy atom. The van der Waals surface area contributed by atoms with E-state index in [0.717, 1.165) is 23.8 Å². The van der Waals surface area contributed by atoms with Gasteiger partial charge in [0.05, 0.1) is 6.54 Å². The summed E-state index contributed by atoms with van der Waals surface area (Å²) in [5.74, 6) is 3.10. The fourth-order valence-electron chi connectivity index (χ4n) is 2.27. The number of carbonyl (C=O) groups is 1. The van der Waals surface area contributed by atoms with E-state index in [1.54, 1.807) is 0 Å². The number of rotatable bonds is 6. The van der Waals surface area contributed by atoms with E-state index in [0.29, 0.717) is 19.0 Å². The third-order valence-electron chi connectivity index (χ3n) is 3.34. The highest BCUT2D eigenvalue weighted by molar-refractivity contribution is 7.99. The maximum Gasteiger partial charge on any atom is 0.221 e. The number of hydrogen-bond donors (Lipinski definition) is 2. The summed E-state index contributed by atoms with van der Waals surface area (Å²) in [5.41, 5.74) is 1.17. The maximum absolute atomic E-state index is 11.9. The standard InChI is InChI=1S/C16H24N2O2S.ClH/c1-12-4-3-5-15(8-12)20-13(2)10-18-16(19)9-14-11-21-7-6-17-14;/h3-5,8,13-14,17H,6-7,9-11H2,1-2H3,(H,18,19);1H. The molecular formula is C16H25ClN2O2S. The number of amides is 1. The van der Waals surface area contributed by atoms with Gasteiger partial charge in [-0.1, -0.05) is 12.1 Å². The van der Waals surface area contributed by atoms with Gasteiger partial charge in [0.15, 0.2) is 0 Å². The van der Waals surface area contributed by atoms with E-state index in [2.05, 4.69) is 10.6 Å². The van der Waals surface area contributed by atoms with E-state index in [-0.39, 0.29) is 24.4 Å². The first kappa shape index (κ1) is 19.1. The minimum absolute atomic E-state index is 0. The smallest absolute Gasteiger partial charge is 0.221 e. The van der Waals surface area contributed by atoms with Crippen molar-refractivity contribution < 1.29 is 9.53 Å². The molecule has 0 aliphatic carbocycles. The van der Waals surface area contributed by atoms with Crippen LogP contribution in [0, 0.1) is 6.92 Å². The second-order valence-corrected chi connectivity index (χ2v) is 6.63. The van der Waals surface area contributed by atoms with Crippen molar-refractivity contribution in [3.05, 3.63) is 29.8 Å². The topological polar surface area (TPSA) is 50.4 Å². The van der Waals surface area contributed by atoms with Gasteiger partial charge in [-0.15, -0.1) is 12.4 Å². The molecule has 2 N–H and O–H groups in total. The van der Waals surface area contributed by atoms with Crippen LogP contribution < -0.4 is 15.4 Å². The van der Waals surface area contributed by atoms with Gasteiger partial charge in [-0.2, -0.15) is 11.8 Å². The molecule has 0 saturated carbocycles. The van der Waals surface area contributed by atoms with Gasteiger partial charge in [-0.05, 0) is 31.5 Å². The highest BCUT2D eigenvalue weighted by Gasteiger charge is 2.17. The van der Waals surface area contributed by atoms with Gasteiger partial charge < -0.3 is 15.4 Å². The predicted molar refractivity (Wildman–Crippen MR) is 95.3 cm³/mol. The van der Waals surface area contributed by atoms with Crippen molar-refractivity contribution in [2.75, 3.05) is 24.6 Å². The molecule has 22 heavy (non-hydrogen) atoms. The van der Waals surface area contributed by atoms with E-state index in [1.165, 1.54) is 5.56 Å². The van der Waals surface area contributed by atoms with Crippen molar-refractivity contribution in [2.24, 2.45) is 0 Å². The molecule has 0 bridgehead atoms. The molecule has 1 saturated heterocycles. The summed E-state index contributed by atoms with van der Waals surface area (Å²) in [6.45, 7) is 5.54. The number of ether oxygens (including phenoxy) is 1. The molecule has 0 aromatic heterocycles. The van der Waals surface area contributed by atoms with E-state index >= 15 is 0 Å². The monoisotopic (exact) mass is 344 g/mol. The lowest BCUT2D eigenvalue weighted by molar-refractivity contribution is -0.121. The largest absolute Gasteiger partial charge is 0.489 e. The Balaban J connectivity index is 0.00000242. The molecule has 2 atom stereocenters. The van der Waals surface area contributed by atoms with Crippen LogP contribution in [-0.4, -0.2) is 42.6 Å². The molecule has 1 aromatic rings. The van der Waals surface area contributed by atoms with Gasteiger partial charge in [0.2, 0.25) is 5.91 Å². The van der Waals surface area contributed by atoms with E-state index in [4.69, 9.17) is 4.74 Å². The maximum atomic E-state index is 11.9.